The first-order chi connectivity index (χ1) is 7.67. The summed E-state index contributed by atoms with van der Waals surface area (Å²) >= 11 is 3.41. The van der Waals surface area contributed by atoms with E-state index in [9.17, 15) is 0 Å². The van der Waals surface area contributed by atoms with Gasteiger partial charge in [0, 0.05) is 29.7 Å². The van der Waals surface area contributed by atoms with Crippen LogP contribution in [-0.2, 0) is 0 Å². The van der Waals surface area contributed by atoms with Gasteiger partial charge in [0.1, 0.15) is 0 Å². The molecule has 0 amide bonds. The Balaban J connectivity index is 2.63. The van der Waals surface area contributed by atoms with Gasteiger partial charge < -0.3 is 16.2 Å². The topological polar surface area (TPSA) is 58.3 Å². The molecule has 0 heterocycles. The van der Waals surface area contributed by atoms with E-state index in [-0.39, 0.29) is 18.7 Å². The molecule has 0 aliphatic rings. The molecule has 0 spiro atoms. The summed E-state index contributed by atoms with van der Waals surface area (Å²) in [6.07, 6.45) is 0.743. The van der Waals surface area contributed by atoms with Gasteiger partial charge in [-0.3, -0.25) is 0 Å². The molecular formula is C12H19BrN2O. The monoisotopic (exact) mass is 286 g/mol. The average molecular weight is 287 g/mol. The summed E-state index contributed by atoms with van der Waals surface area (Å²) in [6, 6.07) is 8.55. The van der Waals surface area contributed by atoms with Crippen LogP contribution in [0.2, 0.25) is 0 Å². The third-order valence-corrected chi connectivity index (χ3v) is 3.08. The van der Waals surface area contributed by atoms with Crippen molar-refractivity contribution in [1.29, 1.82) is 0 Å². The fraction of sp³-hybridized carbons (Fsp3) is 0.500. The second kappa shape index (κ2) is 7.01. The SMILES string of the molecule is CC(CCO)NC(CN)c1ccc(Br)cc1. The second-order valence-electron chi connectivity index (χ2n) is 3.92. The van der Waals surface area contributed by atoms with Crippen LogP contribution in [0.1, 0.15) is 24.9 Å². The van der Waals surface area contributed by atoms with E-state index in [2.05, 4.69) is 40.3 Å². The van der Waals surface area contributed by atoms with Crippen LogP contribution < -0.4 is 11.1 Å². The highest BCUT2D eigenvalue weighted by atomic mass is 79.9. The van der Waals surface area contributed by atoms with Crippen molar-refractivity contribution in [3.63, 3.8) is 0 Å². The Morgan fingerprint density at radius 2 is 2.00 bits per heavy atom. The van der Waals surface area contributed by atoms with E-state index in [1.54, 1.807) is 0 Å². The number of hydrogen-bond donors (Lipinski definition) is 3. The molecule has 0 radical (unpaired) electrons. The molecule has 1 aromatic carbocycles. The summed E-state index contributed by atoms with van der Waals surface area (Å²) in [7, 11) is 0. The highest BCUT2D eigenvalue weighted by Gasteiger charge is 2.12. The highest BCUT2D eigenvalue weighted by molar-refractivity contribution is 9.10. The maximum Gasteiger partial charge on any atom is 0.0446 e. The molecule has 0 saturated carbocycles. The fourth-order valence-corrected chi connectivity index (χ4v) is 1.88. The summed E-state index contributed by atoms with van der Waals surface area (Å²) in [6.45, 7) is 2.81. The zero-order valence-corrected chi connectivity index (χ0v) is 11.1. The molecule has 4 N–H and O–H groups in total. The van der Waals surface area contributed by atoms with E-state index >= 15 is 0 Å². The summed E-state index contributed by atoms with van der Waals surface area (Å²) < 4.78 is 1.07. The molecule has 0 aliphatic carbocycles. The van der Waals surface area contributed by atoms with Gasteiger partial charge >= 0.3 is 0 Å². The third-order valence-electron chi connectivity index (χ3n) is 2.56. The first kappa shape index (κ1) is 13.6. The normalized spacial score (nSPS) is 14.8. The smallest absolute Gasteiger partial charge is 0.0446 e. The van der Waals surface area contributed by atoms with Crippen LogP contribution in [0.3, 0.4) is 0 Å². The molecule has 16 heavy (non-hydrogen) atoms. The number of nitrogens with one attached hydrogen (secondary N) is 1. The summed E-state index contributed by atoms with van der Waals surface area (Å²) in [5, 5.41) is 12.3. The van der Waals surface area contributed by atoms with Crippen LogP contribution in [0.4, 0.5) is 0 Å². The zero-order chi connectivity index (χ0) is 12.0. The lowest BCUT2D eigenvalue weighted by Crippen LogP contribution is -2.35. The molecule has 4 heteroatoms. The van der Waals surface area contributed by atoms with Crippen LogP contribution in [0, 0.1) is 0 Å². The van der Waals surface area contributed by atoms with Gasteiger partial charge in [-0.2, -0.15) is 0 Å². The number of aliphatic hydroxyl groups excluding tert-OH is 1. The van der Waals surface area contributed by atoms with Crippen molar-refractivity contribution in [2.24, 2.45) is 5.73 Å². The first-order valence-electron chi connectivity index (χ1n) is 5.49. The van der Waals surface area contributed by atoms with Gasteiger partial charge in [-0.1, -0.05) is 28.1 Å². The molecule has 2 unspecified atom stereocenters. The number of hydrogen-bond acceptors (Lipinski definition) is 3. The van der Waals surface area contributed by atoms with E-state index in [4.69, 9.17) is 10.8 Å². The van der Waals surface area contributed by atoms with Crippen molar-refractivity contribution in [2.45, 2.75) is 25.4 Å². The first-order valence-corrected chi connectivity index (χ1v) is 6.29. The number of aliphatic hydroxyl groups is 1. The molecule has 0 aliphatic heterocycles. The molecule has 1 rings (SSSR count). The minimum atomic E-state index is 0.148. The van der Waals surface area contributed by atoms with Crippen molar-refractivity contribution in [3.8, 4) is 0 Å². The minimum absolute atomic E-state index is 0.148. The van der Waals surface area contributed by atoms with Crippen molar-refractivity contribution in [1.82, 2.24) is 5.32 Å². The van der Waals surface area contributed by atoms with Crippen LogP contribution in [-0.4, -0.2) is 24.3 Å². The lowest BCUT2D eigenvalue weighted by atomic mass is 10.1. The summed E-state index contributed by atoms with van der Waals surface area (Å²) in [5.41, 5.74) is 6.93. The second-order valence-corrected chi connectivity index (χ2v) is 4.84. The molecular weight excluding hydrogens is 268 g/mol. The van der Waals surface area contributed by atoms with Crippen molar-refractivity contribution in [2.75, 3.05) is 13.2 Å². The summed E-state index contributed by atoms with van der Waals surface area (Å²) in [5.74, 6) is 0. The van der Waals surface area contributed by atoms with Crippen LogP contribution in [0.25, 0.3) is 0 Å². The van der Waals surface area contributed by atoms with E-state index < -0.39 is 0 Å². The standard InChI is InChI=1S/C12H19BrN2O/c1-9(6-7-16)15-12(8-14)10-2-4-11(13)5-3-10/h2-5,9,12,15-16H,6-8,14H2,1H3. The Kier molecular flexibility index (Phi) is 5.98. The van der Waals surface area contributed by atoms with Crippen molar-refractivity contribution >= 4 is 15.9 Å². The van der Waals surface area contributed by atoms with Gasteiger partial charge in [0.15, 0.2) is 0 Å². The molecule has 0 aromatic heterocycles. The van der Waals surface area contributed by atoms with Crippen LogP contribution >= 0.6 is 15.9 Å². The predicted molar refractivity (Wildman–Crippen MR) is 70.2 cm³/mol. The Bertz CT molecular complexity index is 302. The van der Waals surface area contributed by atoms with Gasteiger partial charge in [0.25, 0.3) is 0 Å². The lowest BCUT2D eigenvalue weighted by molar-refractivity contribution is 0.263. The van der Waals surface area contributed by atoms with E-state index in [1.165, 1.54) is 5.56 Å². The van der Waals surface area contributed by atoms with E-state index in [0.717, 1.165) is 10.9 Å². The van der Waals surface area contributed by atoms with Gasteiger partial charge in [-0.05, 0) is 31.0 Å². The van der Waals surface area contributed by atoms with Gasteiger partial charge in [-0.15, -0.1) is 0 Å². The molecule has 0 bridgehead atoms. The molecule has 1 aromatic rings. The van der Waals surface area contributed by atoms with Crippen molar-refractivity contribution < 1.29 is 5.11 Å². The summed E-state index contributed by atoms with van der Waals surface area (Å²) in [4.78, 5) is 0. The average Bonchev–Trinajstić information content (AvgIpc) is 2.27. The fourth-order valence-electron chi connectivity index (χ4n) is 1.62. The third kappa shape index (κ3) is 4.22. The maximum absolute atomic E-state index is 8.85. The van der Waals surface area contributed by atoms with Gasteiger partial charge in [-0.25, -0.2) is 0 Å². The molecule has 90 valence electrons. The van der Waals surface area contributed by atoms with Gasteiger partial charge in [0.2, 0.25) is 0 Å². The number of nitrogens with two attached hydrogens (primary N) is 1. The lowest BCUT2D eigenvalue weighted by Gasteiger charge is -2.22. The molecule has 0 fully saturated rings. The maximum atomic E-state index is 8.85. The zero-order valence-electron chi connectivity index (χ0n) is 9.49. The molecule has 3 nitrogen and oxygen atoms in total. The van der Waals surface area contributed by atoms with E-state index in [0.29, 0.717) is 6.54 Å². The number of rotatable bonds is 6. The molecule has 0 saturated heterocycles. The van der Waals surface area contributed by atoms with E-state index in [1.807, 2.05) is 12.1 Å². The predicted octanol–water partition coefficient (Wildman–Crippen LogP) is 1.81. The highest BCUT2D eigenvalue weighted by Crippen LogP contribution is 2.17. The Morgan fingerprint density at radius 1 is 1.38 bits per heavy atom. The molecule has 2 atom stereocenters. The Labute approximate surface area is 105 Å². The quantitative estimate of drug-likeness (QED) is 0.748. The number of halogens is 1. The Hall–Kier alpha value is -0.420. The van der Waals surface area contributed by atoms with Crippen molar-refractivity contribution in [3.05, 3.63) is 34.3 Å². The van der Waals surface area contributed by atoms with Crippen LogP contribution in [0.15, 0.2) is 28.7 Å². The van der Waals surface area contributed by atoms with Gasteiger partial charge in [0.05, 0.1) is 0 Å². The Morgan fingerprint density at radius 3 is 2.50 bits per heavy atom. The minimum Gasteiger partial charge on any atom is -0.396 e. The largest absolute Gasteiger partial charge is 0.396 e. The van der Waals surface area contributed by atoms with Crippen LogP contribution in [0.5, 0.6) is 0 Å². The number of benzene rings is 1.